The molecule has 0 radical (unpaired) electrons. The molecular weight excluding hydrogens is 698 g/mol. The fourth-order valence-electron chi connectivity index (χ4n) is 4.71. The number of hydrogen-bond acceptors (Lipinski definition) is 8. The number of halogens is 3. The standard InChI is InChI=1S/C17H22N2O3.C17H20N2O2.Cl3OP/c1-16(2,3)22-15(20)19-10-8-17(21,9-11-19)14-6-4-13(12-18)5-7-14;1-17(2,3)21-16(20)19-10-8-15(9-11-19)14-6-4-13(12-18)5-7-14;1-5(2,3)4/h4-7,21H,8-11H2,1-3H3;4-8H,9-11H2,1-3H3;. The SMILES string of the molecule is CC(C)(C)OC(=O)N1CC=C(c2ccc(C#N)cc2)CC1.CC(C)(C)OC(=O)N1CCC(O)(c2ccc(C#N)cc2)CC1.O=P(Cl)(Cl)Cl. The van der Waals surface area contributed by atoms with E-state index in [1.165, 1.54) is 5.57 Å². The first kappa shape index (κ1) is 40.9. The van der Waals surface area contributed by atoms with E-state index in [-0.39, 0.29) is 12.2 Å². The van der Waals surface area contributed by atoms with Crippen molar-refractivity contribution in [2.45, 2.75) is 77.6 Å². The molecule has 1 N–H and O–H groups in total. The molecule has 1 fully saturated rings. The second kappa shape index (κ2) is 17.4. The van der Waals surface area contributed by atoms with Crippen LogP contribution in [0, 0.1) is 22.7 Å². The molecule has 0 aromatic heterocycles. The van der Waals surface area contributed by atoms with Crippen LogP contribution in [0.25, 0.3) is 5.57 Å². The van der Waals surface area contributed by atoms with E-state index in [4.69, 9.17) is 20.0 Å². The lowest BCUT2D eigenvalue weighted by molar-refractivity contribution is -0.0356. The van der Waals surface area contributed by atoms with Crippen molar-refractivity contribution < 1.29 is 28.7 Å². The molecular formula is C34H42Cl3N4O6P. The fourth-order valence-corrected chi connectivity index (χ4v) is 4.71. The number of hydrogen-bond donors (Lipinski definition) is 1. The van der Waals surface area contributed by atoms with Crippen LogP contribution in [-0.2, 0) is 19.6 Å². The maximum absolute atomic E-state index is 12.0. The number of carbonyl (C=O) groups excluding carboxylic acids is 2. The Morgan fingerprint density at radius 2 is 1.21 bits per heavy atom. The molecule has 1 saturated heterocycles. The Morgan fingerprint density at radius 3 is 1.58 bits per heavy atom. The number of nitrogens with zero attached hydrogens (tertiary/aromatic N) is 4. The lowest BCUT2D eigenvalue weighted by Gasteiger charge is -2.38. The molecule has 0 spiro atoms. The van der Waals surface area contributed by atoms with Crippen molar-refractivity contribution in [2.75, 3.05) is 26.2 Å². The molecule has 0 bridgehead atoms. The molecule has 260 valence electrons. The van der Waals surface area contributed by atoms with E-state index in [1.54, 1.807) is 34.1 Å². The molecule has 2 heterocycles. The zero-order valence-electron chi connectivity index (χ0n) is 28.0. The summed E-state index contributed by atoms with van der Waals surface area (Å²) in [6.07, 6.45) is 3.16. The summed E-state index contributed by atoms with van der Waals surface area (Å²) in [5, 5.41) is 25.2. The van der Waals surface area contributed by atoms with Gasteiger partial charge in [-0.15, -0.1) is 0 Å². The van der Waals surface area contributed by atoms with Gasteiger partial charge < -0.3 is 24.4 Å². The van der Waals surface area contributed by atoms with Gasteiger partial charge in [0.15, 0.2) is 0 Å². The maximum Gasteiger partial charge on any atom is 0.410 e. The molecule has 2 aliphatic rings. The Hall–Kier alpha value is -3.24. The highest BCUT2D eigenvalue weighted by Crippen LogP contribution is 2.61. The van der Waals surface area contributed by atoms with E-state index in [0.717, 1.165) is 17.5 Å². The molecule has 10 nitrogen and oxygen atoms in total. The van der Waals surface area contributed by atoms with Crippen LogP contribution in [0.1, 0.15) is 83.1 Å². The third-order valence-electron chi connectivity index (χ3n) is 7.04. The van der Waals surface area contributed by atoms with E-state index < -0.39 is 22.0 Å². The second-order valence-corrected chi connectivity index (χ2v) is 19.8. The van der Waals surface area contributed by atoms with Gasteiger partial charge in [0.05, 0.1) is 28.9 Å². The molecule has 4 rings (SSSR count). The van der Waals surface area contributed by atoms with Crippen LogP contribution in [0.2, 0.25) is 0 Å². The van der Waals surface area contributed by atoms with Gasteiger partial charge in [-0.2, -0.15) is 10.5 Å². The highest BCUT2D eigenvalue weighted by Gasteiger charge is 2.36. The summed E-state index contributed by atoms with van der Waals surface area (Å²) < 4.78 is 20.2. The molecule has 14 heteroatoms. The van der Waals surface area contributed by atoms with E-state index in [0.29, 0.717) is 50.1 Å². The molecule has 0 aliphatic carbocycles. The van der Waals surface area contributed by atoms with Crippen molar-refractivity contribution in [3.8, 4) is 12.1 Å². The van der Waals surface area contributed by atoms with Crippen molar-refractivity contribution in [1.29, 1.82) is 10.5 Å². The first-order valence-electron chi connectivity index (χ1n) is 15.2. The van der Waals surface area contributed by atoms with Crippen LogP contribution >= 0.6 is 38.9 Å². The topological polar surface area (TPSA) is 144 Å². The normalized spacial score (nSPS) is 16.0. The number of likely N-dealkylation sites (tertiary alicyclic amines) is 1. The summed E-state index contributed by atoms with van der Waals surface area (Å²) in [4.78, 5) is 27.3. The van der Waals surface area contributed by atoms with Gasteiger partial charge in [0.2, 0.25) is 0 Å². The number of ether oxygens (including phenoxy) is 2. The summed E-state index contributed by atoms with van der Waals surface area (Å²) >= 11 is 13.8. The van der Waals surface area contributed by atoms with Crippen molar-refractivity contribution in [2.24, 2.45) is 0 Å². The van der Waals surface area contributed by atoms with Gasteiger partial charge >= 0.3 is 17.4 Å². The van der Waals surface area contributed by atoms with Crippen molar-refractivity contribution >= 4 is 56.7 Å². The average molecular weight is 740 g/mol. The fraction of sp³-hybridized carbons (Fsp3) is 0.471. The third-order valence-corrected chi connectivity index (χ3v) is 7.04. The van der Waals surface area contributed by atoms with Crippen LogP contribution in [0.15, 0.2) is 54.6 Å². The number of rotatable bonds is 2. The van der Waals surface area contributed by atoms with Crippen LogP contribution in [0.3, 0.4) is 0 Å². The largest absolute Gasteiger partial charge is 0.444 e. The van der Waals surface area contributed by atoms with Crippen LogP contribution < -0.4 is 0 Å². The summed E-state index contributed by atoms with van der Waals surface area (Å²) in [6.45, 7) is 13.2. The predicted octanol–water partition coefficient (Wildman–Crippen LogP) is 9.17. The number of benzene rings is 2. The molecule has 2 amide bonds. The summed E-state index contributed by atoms with van der Waals surface area (Å²) in [7, 11) is 0. The van der Waals surface area contributed by atoms with E-state index in [2.05, 4.69) is 51.9 Å². The van der Waals surface area contributed by atoms with Crippen LogP contribution in [0.4, 0.5) is 9.59 Å². The lowest BCUT2D eigenvalue weighted by atomic mass is 9.84. The zero-order valence-corrected chi connectivity index (χ0v) is 31.2. The predicted molar refractivity (Wildman–Crippen MR) is 189 cm³/mol. The Morgan fingerprint density at radius 1 is 0.792 bits per heavy atom. The first-order valence-corrected chi connectivity index (χ1v) is 19.6. The van der Waals surface area contributed by atoms with Crippen LogP contribution in [0.5, 0.6) is 0 Å². The van der Waals surface area contributed by atoms with Gasteiger partial charge in [-0.25, -0.2) is 9.59 Å². The molecule has 2 aliphatic heterocycles. The molecule has 0 atom stereocenters. The van der Waals surface area contributed by atoms with Gasteiger partial charge in [-0.1, -0.05) is 30.3 Å². The van der Waals surface area contributed by atoms with Crippen LogP contribution in [-0.4, -0.2) is 64.5 Å². The number of carbonyl (C=O) groups is 2. The van der Waals surface area contributed by atoms with Gasteiger partial charge in [-0.05, 0) is 135 Å². The summed E-state index contributed by atoms with van der Waals surface area (Å²) in [5.74, 6) is 0. The minimum Gasteiger partial charge on any atom is -0.444 e. The van der Waals surface area contributed by atoms with Gasteiger partial charge in [0.1, 0.15) is 11.2 Å². The molecule has 0 saturated carbocycles. The molecule has 0 unspecified atom stereocenters. The van der Waals surface area contributed by atoms with Crippen molar-refractivity contribution in [3.05, 3.63) is 76.9 Å². The summed E-state index contributed by atoms with van der Waals surface area (Å²) in [6, 6.07) is 18.7. The average Bonchev–Trinajstić information content (AvgIpc) is 2.99. The van der Waals surface area contributed by atoms with Crippen molar-refractivity contribution in [1.82, 2.24) is 9.80 Å². The molecule has 2 aromatic carbocycles. The van der Waals surface area contributed by atoms with Gasteiger partial charge in [0, 0.05) is 26.2 Å². The number of aliphatic hydroxyl groups is 1. The van der Waals surface area contributed by atoms with Gasteiger partial charge in [-0.3, -0.25) is 4.57 Å². The Bertz CT molecular complexity index is 1550. The number of piperidine rings is 1. The quantitative estimate of drug-likeness (QED) is 0.300. The zero-order chi connectivity index (χ0) is 36.3. The second-order valence-electron chi connectivity index (χ2n) is 13.2. The Balaban J connectivity index is 0.000000293. The minimum atomic E-state index is -3.22. The molecule has 2 aromatic rings. The maximum atomic E-state index is 12.0. The number of nitriles is 2. The highest BCUT2D eigenvalue weighted by atomic mass is 36.0. The Labute approximate surface area is 297 Å². The van der Waals surface area contributed by atoms with E-state index >= 15 is 0 Å². The minimum absolute atomic E-state index is 0.266. The monoisotopic (exact) mass is 738 g/mol. The van der Waals surface area contributed by atoms with Gasteiger partial charge in [0.25, 0.3) is 0 Å². The lowest BCUT2D eigenvalue weighted by Crippen LogP contribution is -2.46. The Kier molecular flexibility index (Phi) is 14.9. The number of amides is 2. The van der Waals surface area contributed by atoms with E-state index in [9.17, 15) is 19.3 Å². The van der Waals surface area contributed by atoms with E-state index in [1.807, 2.05) is 65.8 Å². The highest BCUT2D eigenvalue weighted by molar-refractivity contribution is 8.24. The smallest absolute Gasteiger partial charge is 0.410 e. The third kappa shape index (κ3) is 14.9. The first-order chi connectivity index (χ1) is 22.1. The summed E-state index contributed by atoms with van der Waals surface area (Å²) in [5.41, 5.74) is 2.40. The van der Waals surface area contributed by atoms with Crippen molar-refractivity contribution in [3.63, 3.8) is 0 Å². The molecule has 48 heavy (non-hydrogen) atoms.